The van der Waals surface area contributed by atoms with E-state index < -0.39 is 6.09 Å². The first kappa shape index (κ1) is 22.0. The first-order valence-electron chi connectivity index (χ1n) is 9.57. The average Bonchev–Trinajstić information content (AvgIpc) is 3.07. The number of aromatic amines is 1. The zero-order chi connectivity index (χ0) is 19.7. The van der Waals surface area contributed by atoms with Gasteiger partial charge in [0, 0.05) is 18.4 Å². The maximum Gasteiger partial charge on any atom is 0.407 e. The number of carbonyl (C=O) groups is 2. The van der Waals surface area contributed by atoms with E-state index in [1.807, 2.05) is 25.7 Å². The number of nitrogens with one attached hydrogen (secondary N) is 2. The molecule has 2 heterocycles. The van der Waals surface area contributed by atoms with Gasteiger partial charge in [0.05, 0.1) is 13.2 Å². The normalized spacial score (nSPS) is 19.0. The molecule has 3 rings (SSSR count). The minimum atomic E-state index is -0.589. The highest BCUT2D eigenvalue weighted by Gasteiger charge is 2.54. The van der Waals surface area contributed by atoms with Gasteiger partial charge in [-0.05, 0) is 31.6 Å². The van der Waals surface area contributed by atoms with Crippen LogP contribution in [0.1, 0.15) is 70.9 Å². The summed E-state index contributed by atoms with van der Waals surface area (Å²) in [6.07, 6.45) is 5.72. The standard InChI is InChI=1S/C14H20N4O3.C3H8.C2H6/c1-9-6-15-12(17-9)10-5-14(3-4-14)8-18(10)11(19)7-16-13(20)21-2;1-3-2;1-2/h6,10H,3-5,7-8H2,1-2H3,(H,15,17)(H,16,20);3H2,1-2H3;1-2H3/t10-;;/m0../s1. The SMILES string of the molecule is CC.CCC.COC(=O)NCC(=O)N1CC2(CC2)C[C@H]1c1ncc(C)[nH]1. The van der Waals surface area contributed by atoms with Gasteiger partial charge in [-0.15, -0.1) is 0 Å². The summed E-state index contributed by atoms with van der Waals surface area (Å²) in [5, 5.41) is 2.45. The Hall–Kier alpha value is -2.05. The van der Waals surface area contributed by atoms with Crippen molar-refractivity contribution in [2.24, 2.45) is 5.41 Å². The Morgan fingerprint density at radius 2 is 2.00 bits per heavy atom. The number of ether oxygens (including phenoxy) is 1. The molecular formula is C19H34N4O3. The minimum Gasteiger partial charge on any atom is -0.453 e. The van der Waals surface area contributed by atoms with Crippen LogP contribution in [0.3, 0.4) is 0 Å². The van der Waals surface area contributed by atoms with Crippen LogP contribution in [0.15, 0.2) is 6.20 Å². The van der Waals surface area contributed by atoms with E-state index in [9.17, 15) is 9.59 Å². The van der Waals surface area contributed by atoms with Gasteiger partial charge < -0.3 is 19.9 Å². The van der Waals surface area contributed by atoms with E-state index in [1.165, 1.54) is 13.5 Å². The molecule has 1 saturated heterocycles. The molecule has 1 spiro atoms. The second-order valence-corrected chi connectivity index (χ2v) is 6.75. The molecule has 7 heteroatoms. The molecule has 0 aromatic carbocycles. The Balaban J connectivity index is 0.000000615. The van der Waals surface area contributed by atoms with Gasteiger partial charge in [0.15, 0.2) is 0 Å². The quantitative estimate of drug-likeness (QED) is 0.856. The molecule has 148 valence electrons. The van der Waals surface area contributed by atoms with Gasteiger partial charge in [-0.25, -0.2) is 9.78 Å². The summed E-state index contributed by atoms with van der Waals surface area (Å²) in [7, 11) is 1.28. The van der Waals surface area contributed by atoms with Crippen LogP contribution in [0.4, 0.5) is 4.79 Å². The molecule has 26 heavy (non-hydrogen) atoms. The van der Waals surface area contributed by atoms with Gasteiger partial charge >= 0.3 is 6.09 Å². The van der Waals surface area contributed by atoms with Crippen molar-refractivity contribution in [1.82, 2.24) is 20.2 Å². The third-order valence-corrected chi connectivity index (χ3v) is 4.39. The number of amides is 2. The maximum absolute atomic E-state index is 12.4. The van der Waals surface area contributed by atoms with Crippen molar-refractivity contribution in [2.75, 3.05) is 20.2 Å². The van der Waals surface area contributed by atoms with Crippen LogP contribution in [0.5, 0.6) is 0 Å². The van der Waals surface area contributed by atoms with Crippen LogP contribution >= 0.6 is 0 Å². The number of methoxy groups -OCH3 is 1. The molecule has 2 N–H and O–H groups in total. The molecule has 1 aromatic heterocycles. The van der Waals surface area contributed by atoms with Crippen molar-refractivity contribution in [2.45, 2.75) is 66.3 Å². The van der Waals surface area contributed by atoms with Crippen LogP contribution in [0.2, 0.25) is 0 Å². The van der Waals surface area contributed by atoms with E-state index in [0.29, 0.717) is 0 Å². The van der Waals surface area contributed by atoms with Crippen LogP contribution in [0, 0.1) is 12.3 Å². The van der Waals surface area contributed by atoms with Crippen molar-refractivity contribution in [3.05, 3.63) is 17.7 Å². The fourth-order valence-corrected chi connectivity index (χ4v) is 3.03. The van der Waals surface area contributed by atoms with Gasteiger partial charge in [-0.1, -0.05) is 34.1 Å². The fraction of sp³-hybridized carbons (Fsp3) is 0.737. The first-order chi connectivity index (χ1) is 12.4. The molecule has 0 unspecified atom stereocenters. The summed E-state index contributed by atoms with van der Waals surface area (Å²) in [6.45, 7) is 10.9. The van der Waals surface area contributed by atoms with Crippen LogP contribution < -0.4 is 5.32 Å². The van der Waals surface area contributed by atoms with Crippen molar-refractivity contribution < 1.29 is 14.3 Å². The van der Waals surface area contributed by atoms with Crippen LogP contribution in [-0.2, 0) is 9.53 Å². The molecule has 0 radical (unpaired) electrons. The number of likely N-dealkylation sites (tertiary alicyclic amines) is 1. The number of alkyl carbamates (subject to hydrolysis) is 1. The Morgan fingerprint density at radius 1 is 1.38 bits per heavy atom. The van der Waals surface area contributed by atoms with Crippen molar-refractivity contribution in [3.63, 3.8) is 0 Å². The molecule has 1 saturated carbocycles. The van der Waals surface area contributed by atoms with E-state index in [4.69, 9.17) is 0 Å². The summed E-state index contributed by atoms with van der Waals surface area (Å²) < 4.78 is 4.49. The second-order valence-electron chi connectivity index (χ2n) is 6.75. The number of aryl methyl sites for hydroxylation is 1. The largest absolute Gasteiger partial charge is 0.453 e. The van der Waals surface area contributed by atoms with Crippen molar-refractivity contribution in [3.8, 4) is 0 Å². The number of imidazole rings is 1. The predicted octanol–water partition coefficient (Wildman–Crippen LogP) is 3.57. The van der Waals surface area contributed by atoms with Crippen LogP contribution in [0.25, 0.3) is 0 Å². The van der Waals surface area contributed by atoms with E-state index in [2.05, 4.69) is 33.9 Å². The molecule has 0 bridgehead atoms. The van der Waals surface area contributed by atoms with Crippen molar-refractivity contribution >= 4 is 12.0 Å². The van der Waals surface area contributed by atoms with Gasteiger partial charge in [0.25, 0.3) is 0 Å². The Labute approximate surface area is 156 Å². The summed E-state index contributed by atoms with van der Waals surface area (Å²) in [5.74, 6) is 0.742. The summed E-state index contributed by atoms with van der Waals surface area (Å²) in [5.41, 5.74) is 1.26. The lowest BCUT2D eigenvalue weighted by Gasteiger charge is -2.23. The number of nitrogens with zero attached hydrogens (tertiary/aromatic N) is 2. The Morgan fingerprint density at radius 3 is 2.46 bits per heavy atom. The van der Waals surface area contributed by atoms with E-state index >= 15 is 0 Å². The van der Waals surface area contributed by atoms with E-state index in [1.54, 1.807) is 6.20 Å². The molecule has 7 nitrogen and oxygen atoms in total. The minimum absolute atomic E-state index is 0.0202. The zero-order valence-corrected chi connectivity index (χ0v) is 17.0. The van der Waals surface area contributed by atoms with E-state index in [-0.39, 0.29) is 23.9 Å². The highest BCUT2D eigenvalue weighted by molar-refractivity contribution is 5.82. The third-order valence-electron chi connectivity index (χ3n) is 4.39. The molecular weight excluding hydrogens is 332 g/mol. The molecule has 2 aliphatic rings. The highest BCUT2D eigenvalue weighted by atomic mass is 16.5. The molecule has 2 fully saturated rings. The Bertz CT molecular complexity index is 581. The molecule has 1 aliphatic heterocycles. The van der Waals surface area contributed by atoms with Gasteiger partial charge in [-0.3, -0.25) is 4.79 Å². The Kier molecular flexibility index (Phi) is 8.61. The lowest BCUT2D eigenvalue weighted by molar-refractivity contribution is -0.131. The third kappa shape index (κ3) is 5.75. The van der Waals surface area contributed by atoms with Gasteiger partial charge in [-0.2, -0.15) is 0 Å². The monoisotopic (exact) mass is 366 g/mol. The number of hydrogen-bond donors (Lipinski definition) is 2. The number of carbonyl (C=O) groups excluding carboxylic acids is 2. The van der Waals surface area contributed by atoms with Crippen LogP contribution in [-0.4, -0.2) is 47.1 Å². The highest BCUT2D eigenvalue weighted by Crippen LogP contribution is 2.58. The molecule has 1 atom stereocenters. The number of aromatic nitrogens is 2. The first-order valence-corrected chi connectivity index (χ1v) is 9.57. The summed E-state index contributed by atoms with van der Waals surface area (Å²) in [6, 6.07) is -0.0202. The summed E-state index contributed by atoms with van der Waals surface area (Å²) >= 11 is 0. The van der Waals surface area contributed by atoms with Gasteiger partial charge in [0.1, 0.15) is 12.4 Å². The topological polar surface area (TPSA) is 87.3 Å². The number of hydrogen-bond acceptors (Lipinski definition) is 4. The average molecular weight is 367 g/mol. The van der Waals surface area contributed by atoms with Gasteiger partial charge in [0.2, 0.25) is 5.91 Å². The fourth-order valence-electron chi connectivity index (χ4n) is 3.03. The number of rotatable bonds is 3. The molecule has 2 amide bonds. The van der Waals surface area contributed by atoms with E-state index in [0.717, 1.165) is 37.3 Å². The van der Waals surface area contributed by atoms with Crippen molar-refractivity contribution in [1.29, 1.82) is 0 Å². The zero-order valence-electron chi connectivity index (χ0n) is 17.0. The smallest absolute Gasteiger partial charge is 0.407 e. The maximum atomic E-state index is 12.4. The lowest BCUT2D eigenvalue weighted by Crippen LogP contribution is -2.40. The lowest BCUT2D eigenvalue weighted by atomic mass is 10.0. The predicted molar refractivity (Wildman–Crippen MR) is 102 cm³/mol. The molecule has 1 aliphatic carbocycles. The second kappa shape index (κ2) is 10.2. The number of H-pyrrole nitrogens is 1. The molecule has 1 aromatic rings. The summed E-state index contributed by atoms with van der Waals surface area (Å²) in [4.78, 5) is 32.9.